The van der Waals surface area contributed by atoms with Gasteiger partial charge in [-0.25, -0.2) is 22.5 Å². The smallest absolute Gasteiger partial charge is 0.395 e. The van der Waals surface area contributed by atoms with Crippen molar-refractivity contribution in [2.24, 2.45) is 5.92 Å². The minimum absolute atomic E-state index is 0.0489. The van der Waals surface area contributed by atoms with Gasteiger partial charge in [0, 0.05) is 76.7 Å². The molecule has 1 aromatic heterocycles. The van der Waals surface area contributed by atoms with Crippen LogP contribution in [0.3, 0.4) is 0 Å². The first-order chi connectivity index (χ1) is 20.7. The summed E-state index contributed by atoms with van der Waals surface area (Å²) in [6.45, 7) is 1.50. The van der Waals surface area contributed by atoms with Gasteiger partial charge in [-0.15, -0.1) is 8.78 Å². The molecule has 0 spiro atoms. The van der Waals surface area contributed by atoms with E-state index in [2.05, 4.69) is 25.1 Å². The van der Waals surface area contributed by atoms with E-state index in [1.807, 2.05) is 0 Å². The molecular weight excluding hydrogens is 616 g/mol. The Kier molecular flexibility index (Phi) is 8.88. The molecule has 1 aromatic carbocycles. The molecule has 5 rings (SSSR count). The van der Waals surface area contributed by atoms with Gasteiger partial charge < -0.3 is 20.1 Å². The van der Waals surface area contributed by atoms with E-state index in [0.29, 0.717) is 16.5 Å². The molecule has 2 atom stereocenters. The van der Waals surface area contributed by atoms with E-state index < -0.39 is 42.4 Å². The van der Waals surface area contributed by atoms with Crippen molar-refractivity contribution in [2.45, 2.75) is 50.4 Å². The highest BCUT2D eigenvalue weighted by molar-refractivity contribution is 7.22. The molecule has 0 bridgehead atoms. The van der Waals surface area contributed by atoms with E-state index in [4.69, 9.17) is 0 Å². The monoisotopic (exact) mass is 647 g/mol. The van der Waals surface area contributed by atoms with Crippen molar-refractivity contribution < 1.29 is 45.4 Å². The first-order valence-corrected chi connectivity index (χ1v) is 14.8. The van der Waals surface area contributed by atoms with Crippen molar-refractivity contribution in [3.8, 4) is 11.5 Å². The molecule has 44 heavy (non-hydrogen) atoms. The van der Waals surface area contributed by atoms with Crippen LogP contribution in [0.4, 0.5) is 31.5 Å². The number of halogens is 6. The number of carbonyl (C=O) groups is 2. The van der Waals surface area contributed by atoms with E-state index in [1.165, 1.54) is 31.5 Å². The molecule has 2 unspecified atom stereocenters. The fourth-order valence-corrected chi connectivity index (χ4v) is 6.34. The number of hydrogen-bond donors (Lipinski definition) is 2. The number of thiazole rings is 1. The van der Waals surface area contributed by atoms with E-state index in [-0.39, 0.29) is 73.3 Å². The Balaban J connectivity index is 1.27. The third-order valence-electron chi connectivity index (χ3n) is 7.94. The van der Waals surface area contributed by atoms with Gasteiger partial charge in [0.15, 0.2) is 16.6 Å². The van der Waals surface area contributed by atoms with Gasteiger partial charge in [-0.05, 0) is 24.8 Å². The number of anilines is 1. The number of ether oxygens (including phenoxy) is 2. The fraction of sp³-hybridized carbons (Fsp3) is 0.536. The van der Waals surface area contributed by atoms with Gasteiger partial charge in [0.1, 0.15) is 6.29 Å². The number of rotatable bonds is 9. The number of carbonyl (C=O) groups excluding carboxylic acids is 2. The molecule has 9 nitrogen and oxygen atoms in total. The van der Waals surface area contributed by atoms with Gasteiger partial charge in [-0.2, -0.15) is 0 Å². The number of nitrogens with zero attached hydrogens (tertiary/aromatic N) is 3. The van der Waals surface area contributed by atoms with E-state index in [0.717, 1.165) is 11.3 Å². The van der Waals surface area contributed by atoms with E-state index in [1.54, 1.807) is 16.7 Å². The van der Waals surface area contributed by atoms with Crippen LogP contribution in [0, 0.1) is 5.92 Å². The van der Waals surface area contributed by atoms with Crippen LogP contribution in [-0.4, -0.2) is 90.9 Å². The third kappa shape index (κ3) is 7.12. The molecule has 0 aliphatic carbocycles. The Bertz CT molecular complexity index is 1430. The summed E-state index contributed by atoms with van der Waals surface area (Å²) >= 11 is 1.03. The Labute approximate surface area is 252 Å². The van der Waals surface area contributed by atoms with Crippen LogP contribution in [-0.2, 0) is 9.59 Å². The minimum atomic E-state index is -3.78. The number of piperidine rings is 2. The van der Waals surface area contributed by atoms with Crippen LogP contribution < -0.4 is 20.1 Å². The van der Waals surface area contributed by atoms with Crippen LogP contribution in [0.25, 0.3) is 10.2 Å². The average Bonchev–Trinajstić information content (AvgIpc) is 3.47. The molecule has 2 N–H and O–H groups in total. The van der Waals surface area contributed by atoms with E-state index in [9.17, 15) is 27.2 Å². The van der Waals surface area contributed by atoms with Crippen LogP contribution in [0.15, 0.2) is 35.6 Å². The number of aromatic nitrogens is 1. The summed E-state index contributed by atoms with van der Waals surface area (Å²) in [6.07, 6.45) is -1.71. The molecular formula is C28H31F6N5O4S. The Morgan fingerprint density at radius 2 is 1.80 bits per heavy atom. The second-order valence-corrected chi connectivity index (χ2v) is 12.1. The normalized spacial score (nSPS) is 24.2. The fourth-order valence-electron chi connectivity index (χ4n) is 5.47. The molecule has 2 aromatic rings. The largest absolute Gasteiger partial charge is 0.586 e. The van der Waals surface area contributed by atoms with Crippen molar-refractivity contribution in [1.82, 2.24) is 20.1 Å². The van der Waals surface area contributed by atoms with Gasteiger partial charge in [0.25, 0.3) is 11.8 Å². The number of allylic oxidation sites excluding steroid dienone is 1. The lowest BCUT2D eigenvalue weighted by molar-refractivity contribution is -0.286. The van der Waals surface area contributed by atoms with Gasteiger partial charge in [-0.1, -0.05) is 11.3 Å². The van der Waals surface area contributed by atoms with Gasteiger partial charge >= 0.3 is 6.29 Å². The molecule has 240 valence electrons. The predicted octanol–water partition coefficient (Wildman–Crippen LogP) is 4.86. The lowest BCUT2D eigenvalue weighted by Crippen LogP contribution is -2.53. The zero-order chi connectivity index (χ0) is 31.9. The average molecular weight is 648 g/mol. The topological polar surface area (TPSA) is 96.0 Å². The van der Waals surface area contributed by atoms with Crippen molar-refractivity contribution in [1.29, 1.82) is 0 Å². The Hall–Kier alpha value is -3.37. The zero-order valence-electron chi connectivity index (χ0n) is 23.8. The van der Waals surface area contributed by atoms with Crippen molar-refractivity contribution in [3.05, 3.63) is 35.6 Å². The summed E-state index contributed by atoms with van der Waals surface area (Å²) in [7, 11) is 1.53. The number of fused-ring (bicyclic) bond motifs is 2. The summed E-state index contributed by atoms with van der Waals surface area (Å²) in [4.78, 5) is 32.6. The first-order valence-electron chi connectivity index (χ1n) is 13.9. The second-order valence-electron chi connectivity index (χ2n) is 11.1. The molecule has 3 aliphatic heterocycles. The molecule has 0 radical (unpaired) electrons. The molecule has 0 saturated carbocycles. The van der Waals surface area contributed by atoms with Crippen molar-refractivity contribution in [3.63, 3.8) is 0 Å². The van der Waals surface area contributed by atoms with E-state index >= 15 is 8.78 Å². The quantitative estimate of drug-likeness (QED) is 0.173. The SMILES string of the molecule is CNC=C(/C=C(\C=O)CN1CCC(F)(F)CC1)C1CN(C(C)C(=O)Nc2nc3cc4c(cc3s2)OC(F)(F)O4)CCC1(F)F. The van der Waals surface area contributed by atoms with Crippen molar-refractivity contribution in [2.75, 3.05) is 45.1 Å². The Morgan fingerprint density at radius 1 is 1.11 bits per heavy atom. The highest BCUT2D eigenvalue weighted by Gasteiger charge is 2.47. The third-order valence-corrected chi connectivity index (χ3v) is 8.87. The highest BCUT2D eigenvalue weighted by atomic mass is 32.1. The van der Waals surface area contributed by atoms with Crippen LogP contribution in [0.1, 0.15) is 26.2 Å². The number of hydrogen-bond acceptors (Lipinski definition) is 9. The number of aldehydes is 1. The van der Waals surface area contributed by atoms with Crippen LogP contribution in [0.5, 0.6) is 11.5 Å². The maximum atomic E-state index is 15.3. The molecule has 4 heterocycles. The lowest BCUT2D eigenvalue weighted by atomic mass is 9.85. The highest BCUT2D eigenvalue weighted by Crippen LogP contribution is 2.45. The molecule has 2 saturated heterocycles. The number of amides is 1. The minimum Gasteiger partial charge on any atom is -0.395 e. The second kappa shape index (κ2) is 12.2. The molecule has 2 fully saturated rings. The van der Waals surface area contributed by atoms with Gasteiger partial charge in [0.2, 0.25) is 5.91 Å². The Morgan fingerprint density at radius 3 is 2.45 bits per heavy atom. The maximum absolute atomic E-state index is 15.3. The van der Waals surface area contributed by atoms with Gasteiger partial charge in [-0.3, -0.25) is 19.4 Å². The van der Waals surface area contributed by atoms with Gasteiger partial charge in [0.05, 0.1) is 22.2 Å². The van der Waals surface area contributed by atoms with Crippen LogP contribution in [0.2, 0.25) is 0 Å². The standard InChI is InChI=1S/C28H31F6N5O4S/c1-16(24(41)37-25-36-20-10-21-22(11-23(20)44-25)43-28(33,34)42-21)39-8-5-27(31,32)19(14-39)18(12-35-2)9-17(15-40)13-38-6-3-26(29,30)4-7-38/h9-12,15-16,19,35H,3-8,13-14H2,1-2H3,(H,36,37,41)/b17-9-,18-12?. The molecule has 1 amide bonds. The zero-order valence-corrected chi connectivity index (χ0v) is 24.7. The maximum Gasteiger partial charge on any atom is 0.586 e. The van der Waals surface area contributed by atoms with Crippen LogP contribution >= 0.6 is 11.3 Å². The molecule has 16 heteroatoms. The summed E-state index contributed by atoms with van der Waals surface area (Å²) in [5.41, 5.74) is 0.624. The molecule has 3 aliphatic rings. The number of alkyl halides is 6. The first kappa shape index (κ1) is 32.0. The summed E-state index contributed by atoms with van der Waals surface area (Å²) in [6, 6.07) is 1.75. The number of likely N-dealkylation sites (tertiary alicyclic amines) is 2. The summed E-state index contributed by atoms with van der Waals surface area (Å²) in [5.74, 6) is -8.14. The number of nitrogens with one attached hydrogen (secondary N) is 2. The summed E-state index contributed by atoms with van der Waals surface area (Å²) in [5, 5.41) is 5.59. The lowest BCUT2D eigenvalue weighted by Gasteiger charge is -2.41. The van der Waals surface area contributed by atoms with Crippen molar-refractivity contribution >= 4 is 38.9 Å². The summed E-state index contributed by atoms with van der Waals surface area (Å²) < 4.78 is 93.8. The predicted molar refractivity (Wildman–Crippen MR) is 150 cm³/mol. The number of benzene rings is 1.